The molecule has 2 aliphatic rings. The van der Waals surface area contributed by atoms with Crippen molar-refractivity contribution in [1.29, 1.82) is 0 Å². The highest BCUT2D eigenvalue weighted by Crippen LogP contribution is 2.27. The molecule has 0 bridgehead atoms. The second-order valence-electron chi connectivity index (χ2n) is 6.76. The standard InChI is InChI=1S/C17H32N2/c1-15-11-16(2)13-17(12-15)14-18-7-6-10-19-8-4-3-5-9-19/h11,15,17-18H,3-10,12-14H2,1-2H3. The molecule has 2 unspecified atom stereocenters. The minimum Gasteiger partial charge on any atom is -0.316 e. The van der Waals surface area contributed by atoms with E-state index in [0.29, 0.717) is 0 Å². The molecule has 1 saturated heterocycles. The molecule has 0 spiro atoms. The van der Waals surface area contributed by atoms with Crippen LogP contribution in [0.4, 0.5) is 0 Å². The van der Waals surface area contributed by atoms with Crippen molar-refractivity contribution in [2.75, 3.05) is 32.7 Å². The Morgan fingerprint density at radius 3 is 2.79 bits per heavy atom. The average Bonchev–Trinajstić information content (AvgIpc) is 2.38. The number of rotatable bonds is 6. The molecule has 1 aliphatic carbocycles. The third-order valence-corrected chi connectivity index (χ3v) is 4.59. The van der Waals surface area contributed by atoms with Gasteiger partial charge in [0.25, 0.3) is 0 Å². The monoisotopic (exact) mass is 264 g/mol. The number of likely N-dealkylation sites (tertiary alicyclic amines) is 1. The lowest BCUT2D eigenvalue weighted by Gasteiger charge is -2.27. The third kappa shape index (κ3) is 5.66. The van der Waals surface area contributed by atoms with Crippen molar-refractivity contribution in [3.63, 3.8) is 0 Å². The van der Waals surface area contributed by atoms with Crippen LogP contribution in [0.25, 0.3) is 0 Å². The summed E-state index contributed by atoms with van der Waals surface area (Å²) in [6, 6.07) is 0. The van der Waals surface area contributed by atoms with Gasteiger partial charge in [0.1, 0.15) is 0 Å². The first-order valence-corrected chi connectivity index (χ1v) is 8.34. The van der Waals surface area contributed by atoms with Gasteiger partial charge in [-0.1, -0.05) is 25.0 Å². The van der Waals surface area contributed by atoms with Gasteiger partial charge in [-0.25, -0.2) is 0 Å². The lowest BCUT2D eigenvalue weighted by atomic mass is 9.84. The van der Waals surface area contributed by atoms with Gasteiger partial charge in [-0.3, -0.25) is 0 Å². The fourth-order valence-corrected chi connectivity index (χ4v) is 3.76. The molecule has 0 aromatic rings. The number of hydrogen-bond acceptors (Lipinski definition) is 2. The van der Waals surface area contributed by atoms with Gasteiger partial charge in [-0.05, 0) is 83.6 Å². The first kappa shape index (κ1) is 15.1. The minimum absolute atomic E-state index is 0.786. The summed E-state index contributed by atoms with van der Waals surface area (Å²) < 4.78 is 0. The van der Waals surface area contributed by atoms with Gasteiger partial charge in [0.05, 0.1) is 0 Å². The van der Waals surface area contributed by atoms with Gasteiger partial charge >= 0.3 is 0 Å². The molecule has 1 heterocycles. The lowest BCUT2D eigenvalue weighted by Crippen LogP contribution is -2.33. The van der Waals surface area contributed by atoms with Crippen molar-refractivity contribution in [2.24, 2.45) is 11.8 Å². The Morgan fingerprint density at radius 2 is 2.05 bits per heavy atom. The molecule has 0 saturated carbocycles. The Bertz CT molecular complexity index is 279. The van der Waals surface area contributed by atoms with Crippen LogP contribution < -0.4 is 5.32 Å². The molecule has 19 heavy (non-hydrogen) atoms. The first-order chi connectivity index (χ1) is 9.24. The fraction of sp³-hybridized carbons (Fsp3) is 0.882. The topological polar surface area (TPSA) is 15.3 Å². The van der Waals surface area contributed by atoms with Crippen molar-refractivity contribution >= 4 is 0 Å². The van der Waals surface area contributed by atoms with E-state index in [-0.39, 0.29) is 0 Å². The van der Waals surface area contributed by atoms with Gasteiger partial charge in [-0.2, -0.15) is 0 Å². The predicted molar refractivity (Wildman–Crippen MR) is 83.4 cm³/mol. The Balaban J connectivity index is 1.51. The molecule has 110 valence electrons. The summed E-state index contributed by atoms with van der Waals surface area (Å²) in [4.78, 5) is 2.64. The molecule has 2 rings (SSSR count). The summed E-state index contributed by atoms with van der Waals surface area (Å²) in [6.07, 6.45) is 10.7. The van der Waals surface area contributed by atoms with E-state index in [1.54, 1.807) is 5.57 Å². The number of piperidine rings is 1. The molecule has 0 aromatic heterocycles. The molecule has 0 amide bonds. The second-order valence-corrected chi connectivity index (χ2v) is 6.76. The summed E-state index contributed by atoms with van der Waals surface area (Å²) in [7, 11) is 0. The highest BCUT2D eigenvalue weighted by molar-refractivity contribution is 5.06. The zero-order valence-electron chi connectivity index (χ0n) is 13.0. The van der Waals surface area contributed by atoms with Crippen LogP contribution in [0.2, 0.25) is 0 Å². The maximum Gasteiger partial charge on any atom is -0.000664 e. The largest absolute Gasteiger partial charge is 0.316 e. The van der Waals surface area contributed by atoms with Crippen molar-refractivity contribution in [2.45, 2.75) is 52.4 Å². The van der Waals surface area contributed by atoms with Gasteiger partial charge < -0.3 is 10.2 Å². The number of nitrogens with one attached hydrogen (secondary N) is 1. The maximum absolute atomic E-state index is 3.68. The van der Waals surface area contributed by atoms with Crippen molar-refractivity contribution in [3.05, 3.63) is 11.6 Å². The smallest absolute Gasteiger partial charge is 0.000664 e. The Hall–Kier alpha value is -0.340. The average molecular weight is 264 g/mol. The van der Waals surface area contributed by atoms with E-state index in [1.807, 2.05) is 0 Å². The minimum atomic E-state index is 0.786. The molecule has 2 nitrogen and oxygen atoms in total. The van der Waals surface area contributed by atoms with Crippen LogP contribution in [0, 0.1) is 11.8 Å². The molecule has 2 heteroatoms. The van der Waals surface area contributed by atoms with Crippen LogP contribution in [0.15, 0.2) is 11.6 Å². The molecule has 2 atom stereocenters. The zero-order chi connectivity index (χ0) is 13.5. The quantitative estimate of drug-likeness (QED) is 0.584. The summed E-state index contributed by atoms with van der Waals surface area (Å²) in [5.74, 6) is 1.66. The molecular weight excluding hydrogens is 232 g/mol. The Labute approximate surface area is 119 Å². The van der Waals surface area contributed by atoms with Crippen molar-refractivity contribution in [1.82, 2.24) is 10.2 Å². The van der Waals surface area contributed by atoms with E-state index in [1.165, 1.54) is 71.2 Å². The molecule has 1 N–H and O–H groups in total. The van der Waals surface area contributed by atoms with Crippen LogP contribution in [-0.2, 0) is 0 Å². The van der Waals surface area contributed by atoms with Crippen molar-refractivity contribution in [3.8, 4) is 0 Å². The number of allylic oxidation sites excluding steroid dienone is 2. The van der Waals surface area contributed by atoms with Gasteiger partial charge in [0.2, 0.25) is 0 Å². The summed E-state index contributed by atoms with van der Waals surface area (Å²) in [5.41, 5.74) is 1.60. The highest BCUT2D eigenvalue weighted by atomic mass is 15.1. The molecule has 0 radical (unpaired) electrons. The molecule has 1 aliphatic heterocycles. The predicted octanol–water partition coefficient (Wildman–Crippen LogP) is 3.44. The fourth-order valence-electron chi connectivity index (χ4n) is 3.76. The van der Waals surface area contributed by atoms with E-state index in [9.17, 15) is 0 Å². The van der Waals surface area contributed by atoms with Crippen LogP contribution in [-0.4, -0.2) is 37.6 Å². The summed E-state index contributed by atoms with van der Waals surface area (Å²) in [5, 5.41) is 3.68. The van der Waals surface area contributed by atoms with E-state index in [4.69, 9.17) is 0 Å². The first-order valence-electron chi connectivity index (χ1n) is 8.34. The second kappa shape index (κ2) is 8.06. The van der Waals surface area contributed by atoms with E-state index < -0.39 is 0 Å². The Kier molecular flexibility index (Phi) is 6.39. The van der Waals surface area contributed by atoms with Gasteiger partial charge in [0.15, 0.2) is 0 Å². The zero-order valence-corrected chi connectivity index (χ0v) is 13.0. The molecular formula is C17H32N2. The maximum atomic E-state index is 3.68. The molecule has 1 fully saturated rings. The van der Waals surface area contributed by atoms with Crippen molar-refractivity contribution < 1.29 is 0 Å². The van der Waals surface area contributed by atoms with Crippen LogP contribution in [0.5, 0.6) is 0 Å². The number of hydrogen-bond donors (Lipinski definition) is 1. The Morgan fingerprint density at radius 1 is 1.26 bits per heavy atom. The van der Waals surface area contributed by atoms with Crippen LogP contribution in [0.1, 0.15) is 52.4 Å². The lowest BCUT2D eigenvalue weighted by molar-refractivity contribution is 0.225. The SMILES string of the molecule is CC1=CC(C)CC(CNCCCN2CCCCC2)C1. The van der Waals surface area contributed by atoms with Gasteiger partial charge in [-0.15, -0.1) is 0 Å². The summed E-state index contributed by atoms with van der Waals surface area (Å²) in [6.45, 7) is 11.0. The van der Waals surface area contributed by atoms with E-state index >= 15 is 0 Å². The van der Waals surface area contributed by atoms with Crippen LogP contribution >= 0.6 is 0 Å². The number of nitrogens with zero attached hydrogens (tertiary/aromatic N) is 1. The normalized spacial score (nSPS) is 29.3. The van der Waals surface area contributed by atoms with Gasteiger partial charge in [0, 0.05) is 0 Å². The van der Waals surface area contributed by atoms with E-state index in [0.717, 1.165) is 11.8 Å². The highest BCUT2D eigenvalue weighted by Gasteiger charge is 2.17. The van der Waals surface area contributed by atoms with E-state index in [2.05, 4.69) is 30.1 Å². The third-order valence-electron chi connectivity index (χ3n) is 4.59. The van der Waals surface area contributed by atoms with Crippen LogP contribution in [0.3, 0.4) is 0 Å². The molecule has 0 aromatic carbocycles. The summed E-state index contributed by atoms with van der Waals surface area (Å²) >= 11 is 0.